The van der Waals surface area contributed by atoms with Crippen LogP contribution in [0.25, 0.3) is 0 Å². The summed E-state index contributed by atoms with van der Waals surface area (Å²) in [5.74, 6) is 0. The molecule has 2 rings (SSSR count). The molecule has 0 aliphatic carbocycles. The van der Waals surface area contributed by atoms with Gasteiger partial charge in [-0.2, -0.15) is 0 Å². The molecule has 0 radical (unpaired) electrons. The van der Waals surface area contributed by atoms with Gasteiger partial charge in [0, 0.05) is 11.3 Å². The Morgan fingerprint density at radius 2 is 1.79 bits per heavy atom. The van der Waals surface area contributed by atoms with Crippen LogP contribution in [0.15, 0.2) is 12.2 Å². The topological polar surface area (TPSA) is 116 Å². The van der Waals surface area contributed by atoms with E-state index in [2.05, 4.69) is 0 Å². The Morgan fingerprint density at radius 1 is 1.11 bits per heavy atom. The molecule has 19 heavy (non-hydrogen) atoms. The molecule has 0 aromatic carbocycles. The van der Waals surface area contributed by atoms with E-state index in [0.717, 1.165) is 0 Å². The van der Waals surface area contributed by atoms with Gasteiger partial charge in [0.05, 0.1) is 6.61 Å². The number of aliphatic hydroxyl groups excluding tert-OH is 4. The van der Waals surface area contributed by atoms with Gasteiger partial charge in [0.25, 0.3) is 0 Å². The first-order valence-corrected chi connectivity index (χ1v) is 7.35. The van der Waals surface area contributed by atoms with Crippen LogP contribution in [0.2, 0.25) is 0 Å². The first-order valence-electron chi connectivity index (χ1n) is 6.41. The predicted octanol–water partition coefficient (Wildman–Crippen LogP) is -1.43. The molecule has 0 amide bonds. The van der Waals surface area contributed by atoms with Gasteiger partial charge in [-0.25, -0.2) is 0 Å². The van der Waals surface area contributed by atoms with Gasteiger partial charge in [0.15, 0.2) is 0 Å². The summed E-state index contributed by atoms with van der Waals surface area (Å²) >= 11 is 1.26. The van der Waals surface area contributed by atoms with Crippen molar-refractivity contribution in [1.82, 2.24) is 0 Å². The molecule has 2 aliphatic heterocycles. The predicted molar refractivity (Wildman–Crippen MR) is 71.5 cm³/mol. The highest BCUT2D eigenvalue weighted by atomic mass is 32.2. The van der Waals surface area contributed by atoms with Crippen LogP contribution < -0.4 is 5.73 Å². The van der Waals surface area contributed by atoms with Gasteiger partial charge in [0.1, 0.15) is 29.9 Å². The summed E-state index contributed by atoms with van der Waals surface area (Å²) in [5.41, 5.74) is 5.26. The standard InChI is InChI=1S/C12H21NO5S/c13-7-4-2-1-3-6(5-14)19-12-10(17)8(15)9(16)11(7)18-12/h1-2,6-12,14-17H,3-5,13H2/b2-1-/t6?,7-,8?,9?,10?,11?,12?/m1/s1. The van der Waals surface area contributed by atoms with Crippen LogP contribution in [0, 0.1) is 0 Å². The number of allylic oxidation sites excluding steroid dienone is 1. The number of ether oxygens (including phenoxy) is 1. The Hall–Kier alpha value is -0.150. The molecule has 0 spiro atoms. The second-order valence-electron chi connectivity index (χ2n) is 4.99. The third-order valence-electron chi connectivity index (χ3n) is 3.53. The Labute approximate surface area is 116 Å². The Bertz CT molecular complexity index is 329. The molecule has 7 heteroatoms. The van der Waals surface area contributed by atoms with Crippen molar-refractivity contribution in [2.45, 2.75) is 54.0 Å². The van der Waals surface area contributed by atoms with Gasteiger partial charge in [-0.05, 0) is 12.8 Å². The van der Waals surface area contributed by atoms with Gasteiger partial charge in [-0.1, -0.05) is 12.2 Å². The number of hydrogen-bond acceptors (Lipinski definition) is 7. The van der Waals surface area contributed by atoms with Crippen LogP contribution in [-0.2, 0) is 4.74 Å². The Kier molecular flexibility index (Phi) is 5.24. The molecule has 2 bridgehead atoms. The van der Waals surface area contributed by atoms with Gasteiger partial charge in [-0.15, -0.1) is 11.8 Å². The van der Waals surface area contributed by atoms with Crippen LogP contribution in [0.5, 0.6) is 0 Å². The molecule has 0 aromatic heterocycles. The van der Waals surface area contributed by atoms with Crippen molar-refractivity contribution in [2.24, 2.45) is 5.73 Å². The maximum absolute atomic E-state index is 9.94. The summed E-state index contributed by atoms with van der Waals surface area (Å²) in [6, 6.07) is -0.442. The molecule has 7 atom stereocenters. The van der Waals surface area contributed by atoms with Gasteiger partial charge >= 0.3 is 0 Å². The largest absolute Gasteiger partial charge is 0.395 e. The number of nitrogens with two attached hydrogens (primary N) is 1. The number of thioether (sulfide) groups is 1. The molecular weight excluding hydrogens is 270 g/mol. The monoisotopic (exact) mass is 291 g/mol. The first-order chi connectivity index (χ1) is 9.04. The lowest BCUT2D eigenvalue weighted by atomic mass is 9.93. The molecule has 6 nitrogen and oxygen atoms in total. The molecule has 110 valence electrons. The molecular formula is C12H21NO5S. The highest BCUT2D eigenvalue weighted by Crippen LogP contribution is 2.34. The van der Waals surface area contributed by atoms with Crippen molar-refractivity contribution in [3.05, 3.63) is 12.2 Å². The highest BCUT2D eigenvalue weighted by Gasteiger charge is 2.46. The molecule has 1 saturated heterocycles. The maximum atomic E-state index is 9.94. The van der Waals surface area contributed by atoms with E-state index in [9.17, 15) is 20.4 Å². The average molecular weight is 291 g/mol. The minimum Gasteiger partial charge on any atom is -0.395 e. The summed E-state index contributed by atoms with van der Waals surface area (Å²) in [6.45, 7) is -0.0447. The summed E-state index contributed by atoms with van der Waals surface area (Å²) in [6.07, 6.45) is 0.571. The van der Waals surface area contributed by atoms with Gasteiger partial charge in [-0.3, -0.25) is 0 Å². The van der Waals surface area contributed by atoms with Crippen molar-refractivity contribution in [3.63, 3.8) is 0 Å². The number of hydrogen-bond donors (Lipinski definition) is 5. The van der Waals surface area contributed by atoms with E-state index in [-0.39, 0.29) is 11.9 Å². The molecule has 6 N–H and O–H groups in total. The lowest BCUT2D eigenvalue weighted by Gasteiger charge is -2.43. The quantitative estimate of drug-likeness (QED) is 0.376. The first kappa shape index (κ1) is 15.2. The van der Waals surface area contributed by atoms with E-state index in [0.29, 0.717) is 12.8 Å². The minimum atomic E-state index is -1.29. The van der Waals surface area contributed by atoms with E-state index in [1.165, 1.54) is 11.8 Å². The summed E-state index contributed by atoms with van der Waals surface area (Å²) in [4.78, 5) is 0. The zero-order chi connectivity index (χ0) is 14.0. The molecule has 1 fully saturated rings. The van der Waals surface area contributed by atoms with E-state index < -0.39 is 35.9 Å². The normalized spacial score (nSPS) is 49.6. The minimum absolute atomic E-state index is 0.0447. The Balaban J connectivity index is 2.21. The van der Waals surface area contributed by atoms with Crippen molar-refractivity contribution in [3.8, 4) is 0 Å². The number of aliphatic hydroxyl groups is 4. The summed E-state index contributed by atoms with van der Waals surface area (Å²) in [5, 5.41) is 38.9. The molecule has 6 unspecified atom stereocenters. The van der Waals surface area contributed by atoms with Crippen LogP contribution >= 0.6 is 11.8 Å². The lowest BCUT2D eigenvalue weighted by molar-refractivity contribution is -0.202. The van der Waals surface area contributed by atoms with Crippen LogP contribution in [0.4, 0.5) is 0 Å². The second-order valence-corrected chi connectivity index (χ2v) is 6.39. The van der Waals surface area contributed by atoms with Crippen LogP contribution in [0.3, 0.4) is 0 Å². The highest BCUT2D eigenvalue weighted by molar-refractivity contribution is 8.00. The van der Waals surface area contributed by atoms with E-state index in [1.54, 1.807) is 0 Å². The Morgan fingerprint density at radius 3 is 2.47 bits per heavy atom. The summed E-state index contributed by atoms with van der Waals surface area (Å²) in [7, 11) is 0. The number of fused-ring (bicyclic) bond motifs is 2. The van der Waals surface area contributed by atoms with Gasteiger partial charge < -0.3 is 30.9 Å². The molecule has 2 aliphatic rings. The zero-order valence-corrected chi connectivity index (χ0v) is 11.3. The SMILES string of the molecule is N[C@@H]1C/C=C\CC(CO)SC2OC1C(O)C(O)C2O. The fourth-order valence-electron chi connectivity index (χ4n) is 2.34. The van der Waals surface area contributed by atoms with Crippen LogP contribution in [-0.4, -0.2) is 68.2 Å². The third kappa shape index (κ3) is 3.30. The van der Waals surface area contributed by atoms with E-state index in [1.807, 2.05) is 12.2 Å². The maximum Gasteiger partial charge on any atom is 0.132 e. The van der Waals surface area contributed by atoms with E-state index >= 15 is 0 Å². The molecule has 2 heterocycles. The lowest BCUT2D eigenvalue weighted by Crippen LogP contribution is -2.61. The fraction of sp³-hybridized carbons (Fsp3) is 0.833. The molecule has 0 saturated carbocycles. The molecule has 0 aromatic rings. The average Bonchev–Trinajstić information content (AvgIpc) is 2.41. The van der Waals surface area contributed by atoms with Gasteiger partial charge in [0.2, 0.25) is 0 Å². The van der Waals surface area contributed by atoms with Crippen molar-refractivity contribution in [2.75, 3.05) is 6.61 Å². The smallest absolute Gasteiger partial charge is 0.132 e. The van der Waals surface area contributed by atoms with Crippen molar-refractivity contribution < 1.29 is 25.2 Å². The third-order valence-corrected chi connectivity index (χ3v) is 4.92. The van der Waals surface area contributed by atoms with E-state index in [4.69, 9.17) is 10.5 Å². The van der Waals surface area contributed by atoms with Crippen LogP contribution in [0.1, 0.15) is 12.8 Å². The van der Waals surface area contributed by atoms with Crippen molar-refractivity contribution in [1.29, 1.82) is 0 Å². The summed E-state index contributed by atoms with van der Waals surface area (Å²) < 4.78 is 5.64. The second kappa shape index (κ2) is 6.53. The zero-order valence-electron chi connectivity index (χ0n) is 10.5. The fourth-order valence-corrected chi connectivity index (χ4v) is 3.54. The number of rotatable bonds is 1. The van der Waals surface area contributed by atoms with Crippen molar-refractivity contribution >= 4 is 11.8 Å².